The molecule has 1 N–H and O–H groups in total. The second kappa shape index (κ2) is 10.8. The lowest BCUT2D eigenvalue weighted by molar-refractivity contribution is 0.0752. The summed E-state index contributed by atoms with van der Waals surface area (Å²) in [5, 5.41) is 2.64. The van der Waals surface area contributed by atoms with E-state index in [4.69, 9.17) is 9.47 Å². The van der Waals surface area contributed by atoms with Crippen LogP contribution in [0.1, 0.15) is 29.8 Å². The number of ketones is 1. The van der Waals surface area contributed by atoms with E-state index in [1.54, 1.807) is 60.8 Å². The molecule has 7 heteroatoms. The molecule has 7 nitrogen and oxygen atoms in total. The van der Waals surface area contributed by atoms with Crippen LogP contribution in [0.25, 0.3) is 6.08 Å². The number of nitrogens with one attached hydrogen (secondary N) is 1. The summed E-state index contributed by atoms with van der Waals surface area (Å²) in [6, 6.07) is 19.9. The number of nitrogens with zero attached hydrogens (tertiary/aromatic N) is 2. The number of carbonyl (C=O) groups excluding carboxylic acids is 2. The van der Waals surface area contributed by atoms with E-state index in [9.17, 15) is 9.59 Å². The van der Waals surface area contributed by atoms with Gasteiger partial charge in [-0.05, 0) is 80.1 Å². The molecule has 2 aromatic carbocycles. The summed E-state index contributed by atoms with van der Waals surface area (Å²) >= 11 is 0. The Morgan fingerprint density at radius 1 is 1.00 bits per heavy atom. The number of amides is 1. The highest BCUT2D eigenvalue weighted by molar-refractivity contribution is 6.07. The molecule has 0 bridgehead atoms. The Labute approximate surface area is 199 Å². The number of hydrogen-bond acceptors (Lipinski definition) is 6. The molecule has 3 aromatic rings. The monoisotopic (exact) mass is 457 g/mol. The highest BCUT2D eigenvalue weighted by Gasteiger charge is 2.26. The first kappa shape index (κ1) is 23.2. The first-order valence-corrected chi connectivity index (χ1v) is 11.2. The van der Waals surface area contributed by atoms with Crippen molar-refractivity contribution < 1.29 is 19.1 Å². The molecule has 0 aliphatic carbocycles. The number of para-hydroxylation sites is 1. The molecule has 34 heavy (non-hydrogen) atoms. The largest absolute Gasteiger partial charge is 0.417 e. The minimum absolute atomic E-state index is 0.141. The third-order valence-electron chi connectivity index (χ3n) is 5.50. The molecule has 0 radical (unpaired) electrons. The summed E-state index contributed by atoms with van der Waals surface area (Å²) in [5.41, 5.74) is 1.89. The number of pyridine rings is 1. The standard InChI is InChI=1S/C27H27N3O4/c1-19-17-33-18-20(2)30(19)26-15-9-21(16-28-26)8-14-25(31)22-10-12-23(13-11-22)29-27(32)34-24-6-4-3-5-7-24/h3-16,19-20H,17-18H2,1-2H3,(H,29,32)/b14-8+. The minimum Gasteiger partial charge on any atom is -0.410 e. The molecule has 0 spiro atoms. The zero-order chi connectivity index (χ0) is 23.9. The molecule has 1 amide bonds. The van der Waals surface area contributed by atoms with E-state index in [1.165, 1.54) is 6.08 Å². The van der Waals surface area contributed by atoms with Gasteiger partial charge in [-0.1, -0.05) is 18.2 Å². The lowest BCUT2D eigenvalue weighted by Crippen LogP contribution is -2.50. The van der Waals surface area contributed by atoms with Gasteiger partial charge < -0.3 is 14.4 Å². The second-order valence-corrected chi connectivity index (χ2v) is 8.20. The highest BCUT2D eigenvalue weighted by Crippen LogP contribution is 2.22. The van der Waals surface area contributed by atoms with Gasteiger partial charge in [0, 0.05) is 17.4 Å². The Balaban J connectivity index is 1.33. The zero-order valence-corrected chi connectivity index (χ0v) is 19.2. The molecule has 1 aliphatic heterocycles. The summed E-state index contributed by atoms with van der Waals surface area (Å²) in [7, 11) is 0. The lowest BCUT2D eigenvalue weighted by Gasteiger charge is -2.39. The molecule has 2 unspecified atom stereocenters. The lowest BCUT2D eigenvalue weighted by atomic mass is 10.1. The fourth-order valence-corrected chi connectivity index (χ4v) is 3.83. The van der Waals surface area contributed by atoms with Crippen molar-refractivity contribution in [2.75, 3.05) is 23.4 Å². The number of rotatable bonds is 6. The smallest absolute Gasteiger partial charge is 0.410 e. The van der Waals surface area contributed by atoms with Gasteiger partial charge in [-0.2, -0.15) is 0 Å². The molecule has 1 aliphatic rings. The fourth-order valence-electron chi connectivity index (χ4n) is 3.83. The van der Waals surface area contributed by atoms with Crippen LogP contribution in [-0.4, -0.2) is 42.2 Å². The molecule has 1 aromatic heterocycles. The van der Waals surface area contributed by atoms with Crippen molar-refractivity contribution >= 4 is 29.5 Å². The Morgan fingerprint density at radius 2 is 1.71 bits per heavy atom. The Kier molecular flexibility index (Phi) is 7.34. The van der Waals surface area contributed by atoms with E-state index < -0.39 is 6.09 Å². The number of aromatic nitrogens is 1. The van der Waals surface area contributed by atoms with E-state index in [0.717, 1.165) is 11.4 Å². The van der Waals surface area contributed by atoms with Crippen LogP contribution in [0.5, 0.6) is 5.75 Å². The third-order valence-corrected chi connectivity index (χ3v) is 5.50. The van der Waals surface area contributed by atoms with E-state index in [-0.39, 0.29) is 17.9 Å². The van der Waals surface area contributed by atoms with Crippen LogP contribution < -0.4 is 15.0 Å². The first-order valence-electron chi connectivity index (χ1n) is 11.2. The van der Waals surface area contributed by atoms with Gasteiger partial charge in [-0.25, -0.2) is 9.78 Å². The van der Waals surface area contributed by atoms with Gasteiger partial charge in [-0.15, -0.1) is 0 Å². The maximum absolute atomic E-state index is 12.6. The quantitative estimate of drug-likeness (QED) is 0.405. The topological polar surface area (TPSA) is 80.8 Å². The van der Waals surface area contributed by atoms with Gasteiger partial charge >= 0.3 is 6.09 Å². The molecule has 2 heterocycles. The number of carbonyl (C=O) groups is 2. The normalized spacial score (nSPS) is 18.0. The van der Waals surface area contributed by atoms with Gasteiger partial charge in [0.2, 0.25) is 0 Å². The fraction of sp³-hybridized carbons (Fsp3) is 0.222. The first-order chi connectivity index (χ1) is 16.5. The molecular weight excluding hydrogens is 430 g/mol. The van der Waals surface area contributed by atoms with E-state index in [2.05, 4.69) is 29.0 Å². The number of ether oxygens (including phenoxy) is 2. The number of morpholine rings is 1. The van der Waals surface area contributed by atoms with Gasteiger partial charge in [0.15, 0.2) is 5.78 Å². The molecule has 1 saturated heterocycles. The molecule has 0 saturated carbocycles. The highest BCUT2D eigenvalue weighted by atomic mass is 16.6. The van der Waals surface area contributed by atoms with Crippen molar-refractivity contribution in [2.24, 2.45) is 0 Å². The van der Waals surface area contributed by atoms with Crippen LogP contribution in [0.4, 0.5) is 16.3 Å². The average Bonchev–Trinajstić information content (AvgIpc) is 2.84. The molecular formula is C27H27N3O4. The summed E-state index contributed by atoms with van der Waals surface area (Å²) < 4.78 is 10.8. The van der Waals surface area contributed by atoms with Crippen LogP contribution >= 0.6 is 0 Å². The second-order valence-electron chi connectivity index (χ2n) is 8.20. The SMILES string of the molecule is CC1COCC(C)N1c1ccc(/C=C/C(=O)c2ccc(NC(=O)Oc3ccccc3)cc2)cn1. The number of allylic oxidation sites excluding steroid dienone is 1. The molecule has 1 fully saturated rings. The van der Waals surface area contributed by atoms with Crippen LogP contribution in [-0.2, 0) is 4.74 Å². The van der Waals surface area contributed by atoms with Crippen LogP contribution in [0.15, 0.2) is 79.0 Å². The van der Waals surface area contributed by atoms with Gasteiger partial charge in [-0.3, -0.25) is 10.1 Å². The van der Waals surface area contributed by atoms with Gasteiger partial charge in [0.25, 0.3) is 0 Å². The van der Waals surface area contributed by atoms with Crippen LogP contribution in [0.2, 0.25) is 0 Å². The summed E-state index contributed by atoms with van der Waals surface area (Å²) in [4.78, 5) is 31.4. The van der Waals surface area contributed by atoms with Crippen molar-refractivity contribution in [1.29, 1.82) is 0 Å². The minimum atomic E-state index is -0.595. The Hall–Kier alpha value is -3.97. The Morgan fingerprint density at radius 3 is 2.35 bits per heavy atom. The van der Waals surface area contributed by atoms with Crippen molar-refractivity contribution in [3.8, 4) is 5.75 Å². The van der Waals surface area contributed by atoms with Crippen LogP contribution in [0, 0.1) is 0 Å². The zero-order valence-electron chi connectivity index (χ0n) is 19.2. The van der Waals surface area contributed by atoms with E-state index in [1.807, 2.05) is 18.2 Å². The summed E-state index contributed by atoms with van der Waals surface area (Å²) in [6.07, 6.45) is 4.43. The van der Waals surface area contributed by atoms with Crippen molar-refractivity contribution in [3.63, 3.8) is 0 Å². The number of anilines is 2. The number of benzene rings is 2. The molecule has 174 valence electrons. The summed E-state index contributed by atoms with van der Waals surface area (Å²) in [5.74, 6) is 1.21. The maximum Gasteiger partial charge on any atom is 0.417 e. The molecule has 4 rings (SSSR count). The molecule has 2 atom stereocenters. The van der Waals surface area contributed by atoms with E-state index >= 15 is 0 Å². The Bertz CT molecular complexity index is 1130. The van der Waals surface area contributed by atoms with Crippen molar-refractivity contribution in [1.82, 2.24) is 4.98 Å². The maximum atomic E-state index is 12.6. The van der Waals surface area contributed by atoms with Gasteiger partial charge in [0.05, 0.1) is 25.3 Å². The predicted molar refractivity (Wildman–Crippen MR) is 132 cm³/mol. The predicted octanol–water partition coefficient (Wildman–Crippen LogP) is 5.20. The van der Waals surface area contributed by atoms with Crippen molar-refractivity contribution in [2.45, 2.75) is 25.9 Å². The van der Waals surface area contributed by atoms with Gasteiger partial charge in [0.1, 0.15) is 11.6 Å². The van der Waals surface area contributed by atoms with E-state index in [0.29, 0.717) is 30.2 Å². The third kappa shape index (κ3) is 5.88. The number of hydrogen-bond donors (Lipinski definition) is 1. The summed E-state index contributed by atoms with van der Waals surface area (Å²) in [6.45, 7) is 5.61. The van der Waals surface area contributed by atoms with Crippen LogP contribution in [0.3, 0.4) is 0 Å². The average molecular weight is 458 g/mol. The van der Waals surface area contributed by atoms with Crippen molar-refractivity contribution in [3.05, 3.63) is 90.1 Å².